The highest BCUT2D eigenvalue weighted by Gasteiger charge is 2.27. The summed E-state index contributed by atoms with van der Waals surface area (Å²) in [6.07, 6.45) is 3.62. The van der Waals surface area contributed by atoms with Crippen LogP contribution in [0.2, 0.25) is 0 Å². The molecule has 126 valence electrons. The number of halogens is 1. The number of hydrogen-bond donors (Lipinski definition) is 1. The van der Waals surface area contributed by atoms with Crippen LogP contribution >= 0.6 is 15.9 Å². The van der Waals surface area contributed by atoms with Crippen molar-refractivity contribution in [1.29, 1.82) is 0 Å². The lowest BCUT2D eigenvalue weighted by atomic mass is 10.0. The van der Waals surface area contributed by atoms with E-state index in [1.54, 1.807) is 16.8 Å². The van der Waals surface area contributed by atoms with Gasteiger partial charge in [0.05, 0.1) is 16.5 Å². The lowest BCUT2D eigenvalue weighted by Crippen LogP contribution is -2.23. The molecule has 0 fully saturated rings. The number of benzene rings is 1. The second-order valence-electron chi connectivity index (χ2n) is 6.03. The highest BCUT2D eigenvalue weighted by atomic mass is 79.9. The number of unbranched alkanes of at least 4 members (excludes halogenated alkanes) is 1. The molecule has 2 aromatic heterocycles. The lowest BCUT2D eigenvalue weighted by molar-refractivity contribution is -0.112. The Morgan fingerprint density at radius 2 is 2.12 bits per heavy atom. The van der Waals surface area contributed by atoms with Crippen molar-refractivity contribution < 1.29 is 9.90 Å². The van der Waals surface area contributed by atoms with Crippen LogP contribution in [0.25, 0.3) is 16.6 Å². The zero-order chi connectivity index (χ0) is 17.6. The molecule has 0 radical (unpaired) electrons. The van der Waals surface area contributed by atoms with Gasteiger partial charge in [0.2, 0.25) is 5.88 Å². The summed E-state index contributed by atoms with van der Waals surface area (Å²) in [7, 11) is 0. The van der Waals surface area contributed by atoms with E-state index in [-0.39, 0.29) is 11.8 Å². The number of carbonyl (C=O) groups is 1. The molecule has 1 amide bonds. The number of rotatable bonds is 4. The highest BCUT2D eigenvalue weighted by Crippen LogP contribution is 2.35. The number of pyridine rings is 1. The van der Waals surface area contributed by atoms with Crippen LogP contribution in [0, 0.1) is 0 Å². The fourth-order valence-electron chi connectivity index (χ4n) is 3.27. The fraction of sp³-hybridized carbons (Fsp3) is 0.211. The predicted octanol–water partition coefficient (Wildman–Crippen LogP) is 2.66. The third kappa shape index (κ3) is 2.48. The van der Waals surface area contributed by atoms with Gasteiger partial charge in [-0.15, -0.1) is 0 Å². The summed E-state index contributed by atoms with van der Waals surface area (Å²) in [4.78, 5) is 21.2. The number of aryl methyl sites for hydroxylation is 1. The van der Waals surface area contributed by atoms with E-state index in [4.69, 9.17) is 0 Å². The van der Waals surface area contributed by atoms with E-state index < -0.39 is 0 Å². The van der Waals surface area contributed by atoms with E-state index in [1.807, 2.05) is 24.3 Å². The van der Waals surface area contributed by atoms with Crippen molar-refractivity contribution in [2.24, 2.45) is 4.99 Å². The monoisotopic (exact) mass is 397 g/mol. The zero-order valence-electron chi connectivity index (χ0n) is 13.7. The van der Waals surface area contributed by atoms with E-state index >= 15 is 0 Å². The van der Waals surface area contributed by atoms with Gasteiger partial charge >= 0.3 is 0 Å². The van der Waals surface area contributed by atoms with E-state index in [9.17, 15) is 9.90 Å². The predicted molar refractivity (Wildman–Crippen MR) is 98.7 cm³/mol. The molecule has 1 aliphatic rings. The van der Waals surface area contributed by atoms with Gasteiger partial charge in [-0.1, -0.05) is 29.3 Å². The normalized spacial score (nSPS) is 13.4. The van der Waals surface area contributed by atoms with Crippen LogP contribution in [0.5, 0.6) is 5.88 Å². The number of hydrogen-bond acceptors (Lipinski definition) is 3. The average Bonchev–Trinajstić information content (AvgIpc) is 3.06. The molecule has 1 aliphatic heterocycles. The van der Waals surface area contributed by atoms with Gasteiger partial charge in [-0.25, -0.2) is 9.98 Å². The molecule has 5 nitrogen and oxygen atoms in total. The number of aromatic hydroxyl groups is 1. The maximum absolute atomic E-state index is 12.6. The third-order valence-electron chi connectivity index (χ3n) is 4.44. The number of nitrogens with zero attached hydrogens (tertiary/aromatic N) is 3. The molecule has 6 heteroatoms. The Labute approximate surface area is 152 Å². The Bertz CT molecular complexity index is 1130. The summed E-state index contributed by atoms with van der Waals surface area (Å²) in [5.41, 5.74) is 1.64. The second kappa shape index (κ2) is 6.11. The maximum atomic E-state index is 12.6. The van der Waals surface area contributed by atoms with Crippen LogP contribution in [0.4, 0.5) is 0 Å². The average molecular weight is 398 g/mol. The Morgan fingerprint density at radius 1 is 1.28 bits per heavy atom. The van der Waals surface area contributed by atoms with Gasteiger partial charge in [0.25, 0.3) is 5.91 Å². The molecule has 1 aromatic carbocycles. The van der Waals surface area contributed by atoms with Gasteiger partial charge in [0.15, 0.2) is 0 Å². The van der Waals surface area contributed by atoms with Crippen molar-refractivity contribution in [3.05, 3.63) is 57.1 Å². The lowest BCUT2D eigenvalue weighted by Gasteiger charge is -2.05. The molecular formula is C19H16BrN3O2. The molecule has 3 aromatic rings. The number of fused-ring (bicyclic) bond motifs is 2. The Kier molecular flexibility index (Phi) is 3.92. The summed E-state index contributed by atoms with van der Waals surface area (Å²) >= 11 is 3.45. The van der Waals surface area contributed by atoms with E-state index in [2.05, 4.69) is 32.8 Å². The molecule has 0 unspecified atom stereocenters. The molecule has 0 bridgehead atoms. The molecule has 0 aliphatic carbocycles. The first kappa shape index (κ1) is 16.0. The van der Waals surface area contributed by atoms with E-state index in [0.29, 0.717) is 28.7 Å². The van der Waals surface area contributed by atoms with Crippen LogP contribution in [0.15, 0.2) is 46.0 Å². The van der Waals surface area contributed by atoms with Crippen molar-refractivity contribution >= 4 is 38.4 Å². The largest absolute Gasteiger partial charge is 0.494 e. The van der Waals surface area contributed by atoms with Gasteiger partial charge in [0, 0.05) is 27.8 Å². The SMILES string of the molecule is CCCCn1c(O)c(C2=c3cc(Br)ccc3=NC2=O)c2cccnc21. The minimum Gasteiger partial charge on any atom is -0.494 e. The van der Waals surface area contributed by atoms with Crippen molar-refractivity contribution in [2.75, 3.05) is 0 Å². The Hall–Kier alpha value is -2.47. The van der Waals surface area contributed by atoms with Gasteiger partial charge in [-0.05, 0) is 36.8 Å². The van der Waals surface area contributed by atoms with Gasteiger partial charge < -0.3 is 5.11 Å². The van der Waals surface area contributed by atoms with Crippen molar-refractivity contribution in [2.45, 2.75) is 26.3 Å². The summed E-state index contributed by atoms with van der Waals surface area (Å²) in [5, 5.41) is 13.0. The van der Waals surface area contributed by atoms with Crippen molar-refractivity contribution in [3.8, 4) is 5.88 Å². The van der Waals surface area contributed by atoms with Crippen LogP contribution in [0.1, 0.15) is 25.3 Å². The molecule has 3 heterocycles. The minimum atomic E-state index is -0.332. The molecule has 4 rings (SSSR count). The van der Waals surface area contributed by atoms with E-state index in [0.717, 1.165) is 27.9 Å². The van der Waals surface area contributed by atoms with Crippen molar-refractivity contribution in [3.63, 3.8) is 0 Å². The van der Waals surface area contributed by atoms with Gasteiger partial charge in [0.1, 0.15) is 5.65 Å². The standard InChI is InChI=1S/C19H16BrN3O2/c1-2-3-9-23-17-12(5-4-8-21-17)16(19(23)25)15-13-10-11(20)6-7-14(13)22-18(15)24/h4-8,10,25H,2-3,9H2,1H3. The summed E-state index contributed by atoms with van der Waals surface area (Å²) in [6, 6.07) is 9.22. The number of carbonyl (C=O) groups excluding carboxylic acids is 1. The molecular weight excluding hydrogens is 382 g/mol. The molecule has 1 N–H and O–H groups in total. The first-order valence-corrected chi connectivity index (χ1v) is 9.00. The minimum absolute atomic E-state index is 0.0773. The molecule has 0 saturated carbocycles. The third-order valence-corrected chi connectivity index (χ3v) is 4.93. The topological polar surface area (TPSA) is 67.5 Å². The fourth-order valence-corrected chi connectivity index (χ4v) is 3.63. The molecule has 0 saturated heterocycles. The van der Waals surface area contributed by atoms with Crippen LogP contribution < -0.4 is 10.6 Å². The molecule has 0 atom stereocenters. The quantitative estimate of drug-likeness (QED) is 0.735. The first-order valence-electron chi connectivity index (χ1n) is 8.21. The zero-order valence-corrected chi connectivity index (χ0v) is 15.2. The van der Waals surface area contributed by atoms with Crippen LogP contribution in [-0.2, 0) is 11.3 Å². The van der Waals surface area contributed by atoms with Crippen LogP contribution in [0.3, 0.4) is 0 Å². The first-order chi connectivity index (χ1) is 12.1. The van der Waals surface area contributed by atoms with Crippen LogP contribution in [-0.4, -0.2) is 20.6 Å². The summed E-state index contributed by atoms with van der Waals surface area (Å²) in [5.74, 6) is -0.254. The van der Waals surface area contributed by atoms with Gasteiger partial charge in [-0.2, -0.15) is 0 Å². The maximum Gasteiger partial charge on any atom is 0.279 e. The molecule has 0 spiro atoms. The smallest absolute Gasteiger partial charge is 0.279 e. The van der Waals surface area contributed by atoms with Gasteiger partial charge in [-0.3, -0.25) is 9.36 Å². The summed E-state index contributed by atoms with van der Waals surface area (Å²) in [6.45, 7) is 2.75. The number of amides is 1. The summed E-state index contributed by atoms with van der Waals surface area (Å²) < 4.78 is 2.64. The van der Waals surface area contributed by atoms with E-state index in [1.165, 1.54) is 0 Å². The second-order valence-corrected chi connectivity index (χ2v) is 6.95. The Morgan fingerprint density at radius 3 is 2.92 bits per heavy atom. The van der Waals surface area contributed by atoms with Crippen molar-refractivity contribution in [1.82, 2.24) is 9.55 Å². The highest BCUT2D eigenvalue weighted by molar-refractivity contribution is 9.10. The molecule has 25 heavy (non-hydrogen) atoms. The Balaban J connectivity index is 2.09. The number of aromatic nitrogens is 2.